The number of piperidine rings is 1. The van der Waals surface area contributed by atoms with E-state index in [1.807, 2.05) is 4.90 Å². The number of ether oxygens (including phenoxy) is 1. The maximum atomic E-state index is 14.6. The Hall–Kier alpha value is -4.63. The summed E-state index contributed by atoms with van der Waals surface area (Å²) in [5.41, 5.74) is 0.0317. The second-order valence-electron chi connectivity index (χ2n) is 10.5. The van der Waals surface area contributed by atoms with E-state index in [1.54, 1.807) is 4.90 Å². The van der Waals surface area contributed by atoms with Crippen LogP contribution in [0.5, 0.6) is 5.75 Å². The van der Waals surface area contributed by atoms with E-state index in [0.29, 0.717) is 26.2 Å². The number of aromatic nitrogens is 2. The molecule has 0 spiro atoms. The highest BCUT2D eigenvalue weighted by atomic mass is 35.5. The van der Waals surface area contributed by atoms with Crippen molar-refractivity contribution in [2.75, 3.05) is 51.7 Å². The molecule has 2 aliphatic heterocycles. The number of hydrogen-bond acceptors (Lipinski definition) is 7. The van der Waals surface area contributed by atoms with Crippen LogP contribution in [0.25, 0.3) is 11.3 Å². The van der Waals surface area contributed by atoms with Crippen LogP contribution in [0.3, 0.4) is 0 Å². The number of halogens is 4. The molecule has 0 atom stereocenters. The zero-order valence-corrected chi connectivity index (χ0v) is 25.7. The van der Waals surface area contributed by atoms with Gasteiger partial charge in [-0.2, -0.15) is 4.39 Å². The first-order chi connectivity index (χ1) is 22.0. The third-order valence-corrected chi connectivity index (χ3v) is 8.12. The van der Waals surface area contributed by atoms with Gasteiger partial charge >= 0.3 is 0 Å². The van der Waals surface area contributed by atoms with E-state index < -0.39 is 34.7 Å². The third-order valence-electron chi connectivity index (χ3n) is 7.81. The molecule has 2 aliphatic rings. The summed E-state index contributed by atoms with van der Waals surface area (Å²) in [5, 5.41) is 12.9. The molecule has 2 fully saturated rings. The van der Waals surface area contributed by atoms with Crippen LogP contribution in [0.2, 0.25) is 5.02 Å². The van der Waals surface area contributed by atoms with Crippen LogP contribution in [-0.4, -0.2) is 95.0 Å². The molecule has 3 N–H and O–H groups in total. The number of nitrogens with one attached hydrogen (secondary N) is 2. The standard InChI is InChI=1S/C29H30ClF3N6O4.CH2O2/c1-37-22(19-14-21(31)25(43-2)24(33)23(19)32)15-35-26(37)27(40)36-17-3-4-18(20(30)13-17)29(42)39-11-9-38(10-12-39)28(41)16-5-7-34-8-6-16;2-1-3/h3-4,13-16,34H,5-12H2,1-2H3,(H,36,40);1H,(H,2,3). The largest absolute Gasteiger partial charge is 0.491 e. The zero-order valence-electron chi connectivity index (χ0n) is 25.0. The molecule has 3 amide bonds. The van der Waals surface area contributed by atoms with Crippen LogP contribution in [0.15, 0.2) is 30.5 Å². The molecule has 16 heteroatoms. The minimum absolute atomic E-state index is 0.0210. The monoisotopic (exact) mass is 664 g/mol. The van der Waals surface area contributed by atoms with Gasteiger partial charge in [0.1, 0.15) is 0 Å². The van der Waals surface area contributed by atoms with Crippen molar-refractivity contribution in [2.45, 2.75) is 12.8 Å². The maximum Gasteiger partial charge on any atom is 0.291 e. The summed E-state index contributed by atoms with van der Waals surface area (Å²) in [6.07, 6.45) is 2.76. The van der Waals surface area contributed by atoms with Crippen LogP contribution in [-0.2, 0) is 16.6 Å². The Labute approximate surface area is 267 Å². The van der Waals surface area contributed by atoms with E-state index in [2.05, 4.69) is 20.4 Å². The Balaban J connectivity index is 0.00000154. The normalized spacial score (nSPS) is 15.1. The minimum atomic E-state index is -1.50. The van der Waals surface area contributed by atoms with Crippen molar-refractivity contribution >= 4 is 41.5 Å². The van der Waals surface area contributed by atoms with Crippen molar-refractivity contribution in [3.63, 3.8) is 0 Å². The van der Waals surface area contributed by atoms with Crippen LogP contribution < -0.4 is 15.4 Å². The Morgan fingerprint density at radius 1 is 1.07 bits per heavy atom. The molecule has 1 aromatic heterocycles. The van der Waals surface area contributed by atoms with Gasteiger partial charge in [-0.25, -0.2) is 13.8 Å². The van der Waals surface area contributed by atoms with Crippen molar-refractivity contribution in [1.29, 1.82) is 0 Å². The number of methoxy groups -OCH3 is 1. The lowest BCUT2D eigenvalue weighted by atomic mass is 9.96. The number of nitrogens with zero attached hydrogens (tertiary/aromatic N) is 4. The van der Waals surface area contributed by atoms with Crippen molar-refractivity contribution in [3.8, 4) is 17.0 Å². The number of imidazole rings is 1. The summed E-state index contributed by atoms with van der Waals surface area (Å²) >= 11 is 6.43. The average molecular weight is 665 g/mol. The summed E-state index contributed by atoms with van der Waals surface area (Å²) in [5.74, 6) is -5.81. The summed E-state index contributed by atoms with van der Waals surface area (Å²) in [6, 6.07) is 5.18. The number of carbonyl (C=O) groups is 4. The van der Waals surface area contributed by atoms with Gasteiger partial charge in [0.2, 0.25) is 11.7 Å². The lowest BCUT2D eigenvalue weighted by Gasteiger charge is -2.37. The second-order valence-corrected chi connectivity index (χ2v) is 10.9. The Kier molecular flexibility index (Phi) is 11.2. The molecule has 3 heterocycles. The highest BCUT2D eigenvalue weighted by Crippen LogP contribution is 2.33. The lowest BCUT2D eigenvalue weighted by Crippen LogP contribution is -2.52. The molecule has 0 bridgehead atoms. The predicted molar refractivity (Wildman–Crippen MR) is 161 cm³/mol. The first-order valence-corrected chi connectivity index (χ1v) is 14.6. The van der Waals surface area contributed by atoms with E-state index in [9.17, 15) is 27.6 Å². The smallest absolute Gasteiger partial charge is 0.291 e. The molecule has 2 saturated heterocycles. The molecule has 46 heavy (non-hydrogen) atoms. The van der Waals surface area contributed by atoms with Gasteiger partial charge in [-0.05, 0) is 50.2 Å². The van der Waals surface area contributed by atoms with Gasteiger partial charge in [0.25, 0.3) is 18.3 Å². The fourth-order valence-electron chi connectivity index (χ4n) is 5.40. The molecule has 0 unspecified atom stereocenters. The number of carboxylic acid groups (broad SMARTS) is 1. The quantitative estimate of drug-likeness (QED) is 0.269. The molecule has 2 aromatic carbocycles. The van der Waals surface area contributed by atoms with Gasteiger partial charge in [-0.15, -0.1) is 0 Å². The molecule has 5 rings (SSSR count). The van der Waals surface area contributed by atoms with Gasteiger partial charge in [0, 0.05) is 50.4 Å². The Morgan fingerprint density at radius 2 is 1.70 bits per heavy atom. The predicted octanol–water partition coefficient (Wildman–Crippen LogP) is 3.40. The van der Waals surface area contributed by atoms with E-state index in [1.165, 1.54) is 29.8 Å². The first-order valence-electron chi connectivity index (χ1n) is 14.2. The summed E-state index contributed by atoms with van der Waals surface area (Å²) in [4.78, 5) is 54.8. The van der Waals surface area contributed by atoms with E-state index in [4.69, 9.17) is 21.5 Å². The lowest BCUT2D eigenvalue weighted by molar-refractivity contribution is -0.137. The van der Waals surface area contributed by atoms with Gasteiger partial charge in [-0.1, -0.05) is 11.6 Å². The molecular weight excluding hydrogens is 633 g/mol. The fraction of sp³-hybridized carbons (Fsp3) is 0.367. The summed E-state index contributed by atoms with van der Waals surface area (Å²) < 4.78 is 48.9. The Morgan fingerprint density at radius 3 is 2.30 bits per heavy atom. The molecule has 12 nitrogen and oxygen atoms in total. The summed E-state index contributed by atoms with van der Waals surface area (Å²) in [7, 11) is 2.41. The topological polar surface area (TPSA) is 146 Å². The van der Waals surface area contributed by atoms with Crippen LogP contribution in [0, 0.1) is 23.4 Å². The van der Waals surface area contributed by atoms with Gasteiger partial charge in [0.15, 0.2) is 23.2 Å². The highest BCUT2D eigenvalue weighted by molar-refractivity contribution is 6.34. The molecule has 246 valence electrons. The number of piperazine rings is 1. The third kappa shape index (κ3) is 7.26. The van der Waals surface area contributed by atoms with Crippen LogP contribution in [0.4, 0.5) is 18.9 Å². The van der Waals surface area contributed by atoms with E-state index >= 15 is 0 Å². The minimum Gasteiger partial charge on any atom is -0.491 e. The number of hydrogen-bond donors (Lipinski definition) is 3. The molecule has 0 saturated carbocycles. The second kappa shape index (κ2) is 15.1. The molecular formula is C30H32ClF3N6O6. The maximum absolute atomic E-state index is 14.6. The SMILES string of the molecule is COc1c(F)cc(-c2cnc(C(=O)Nc3ccc(C(=O)N4CCN(C(=O)C5CCNCC5)CC4)c(Cl)c3)n2C)c(F)c1F.O=CO. The average Bonchev–Trinajstić information content (AvgIpc) is 3.44. The van der Waals surface area contributed by atoms with E-state index in [-0.39, 0.29) is 52.0 Å². The number of carbonyl (C=O) groups excluding carboxylic acids is 3. The van der Waals surface area contributed by atoms with Crippen molar-refractivity contribution in [1.82, 2.24) is 24.7 Å². The van der Waals surface area contributed by atoms with Crippen molar-refractivity contribution in [3.05, 3.63) is 64.3 Å². The fourth-order valence-corrected chi connectivity index (χ4v) is 5.66. The molecule has 0 aliphatic carbocycles. The van der Waals surface area contributed by atoms with Crippen molar-refractivity contribution in [2.24, 2.45) is 13.0 Å². The molecule has 0 radical (unpaired) electrons. The Bertz CT molecular complexity index is 1620. The number of rotatable bonds is 6. The highest BCUT2D eigenvalue weighted by Gasteiger charge is 2.31. The van der Waals surface area contributed by atoms with Gasteiger partial charge in [-0.3, -0.25) is 19.2 Å². The van der Waals surface area contributed by atoms with Crippen LogP contribution in [0.1, 0.15) is 33.8 Å². The van der Waals surface area contributed by atoms with Crippen LogP contribution >= 0.6 is 11.6 Å². The van der Waals surface area contributed by atoms with Crippen molar-refractivity contribution < 1.29 is 42.2 Å². The first kappa shape index (κ1) is 34.2. The van der Waals surface area contributed by atoms with E-state index in [0.717, 1.165) is 45.3 Å². The van der Waals surface area contributed by atoms with Gasteiger partial charge in [0.05, 0.1) is 29.6 Å². The zero-order chi connectivity index (χ0) is 33.5. The molecule has 3 aromatic rings. The number of amides is 3. The van der Waals surface area contributed by atoms with Gasteiger partial charge < -0.3 is 34.8 Å². The number of benzene rings is 2. The number of anilines is 1. The summed E-state index contributed by atoms with van der Waals surface area (Å²) in [6.45, 7) is 3.08.